The summed E-state index contributed by atoms with van der Waals surface area (Å²) in [6.07, 6.45) is -0.516. The molecule has 38 heavy (non-hydrogen) atoms. The summed E-state index contributed by atoms with van der Waals surface area (Å²) >= 11 is 0. The fourth-order valence-electron chi connectivity index (χ4n) is 4.36. The van der Waals surface area contributed by atoms with Crippen molar-refractivity contribution in [1.82, 2.24) is 4.98 Å². The average molecular weight is 520 g/mol. The van der Waals surface area contributed by atoms with Crippen molar-refractivity contribution in [2.45, 2.75) is 18.4 Å². The molecule has 0 radical (unpaired) electrons. The quantitative estimate of drug-likeness (QED) is 0.499. The number of nitrogens with two attached hydrogens (primary N) is 1. The minimum Gasteiger partial charge on any atom is -0.494 e. The van der Waals surface area contributed by atoms with E-state index in [1.165, 1.54) is 31.4 Å². The van der Waals surface area contributed by atoms with Gasteiger partial charge in [0.15, 0.2) is 11.6 Å². The lowest BCUT2D eigenvalue weighted by atomic mass is 9.91. The summed E-state index contributed by atoms with van der Waals surface area (Å²) in [5.41, 5.74) is 4.87. The van der Waals surface area contributed by atoms with Crippen LogP contribution in [-0.2, 0) is 4.74 Å². The van der Waals surface area contributed by atoms with E-state index in [9.17, 15) is 23.9 Å². The number of methoxy groups -OCH3 is 1. The Bertz CT molecular complexity index is 1470. The Morgan fingerprint density at radius 2 is 1.74 bits per heavy atom. The van der Waals surface area contributed by atoms with E-state index >= 15 is 0 Å². The van der Waals surface area contributed by atoms with E-state index in [1.807, 2.05) is 4.90 Å². The minimum atomic E-state index is -1.26. The number of nitrogens with zero attached hydrogens (tertiary/aromatic N) is 4. The molecule has 4 rings (SSSR count). The number of carbonyl (C=O) groups excluding carboxylic acids is 1. The van der Waals surface area contributed by atoms with Crippen LogP contribution in [0.3, 0.4) is 0 Å². The molecular weight excluding hydrogens is 496 g/mol. The molecule has 1 saturated heterocycles. The number of piperidine rings is 1. The molecule has 2 heterocycles. The summed E-state index contributed by atoms with van der Waals surface area (Å²) in [5, 5.41) is 29.9. The van der Waals surface area contributed by atoms with Gasteiger partial charge in [0, 0.05) is 24.2 Å². The number of halogens is 2. The molecule has 0 aliphatic carbocycles. The Labute approximate surface area is 217 Å². The van der Waals surface area contributed by atoms with Crippen LogP contribution >= 0.6 is 0 Å². The molecule has 9 nitrogen and oxygen atoms in total. The lowest BCUT2D eigenvalue weighted by Gasteiger charge is -2.38. The van der Waals surface area contributed by atoms with Gasteiger partial charge < -0.3 is 25.2 Å². The molecule has 1 amide bonds. The number of rotatable bonds is 6. The molecule has 0 saturated carbocycles. The van der Waals surface area contributed by atoms with E-state index in [0.717, 1.165) is 6.07 Å². The highest BCUT2D eigenvalue weighted by Crippen LogP contribution is 2.38. The van der Waals surface area contributed by atoms with E-state index in [0.29, 0.717) is 24.5 Å². The fraction of sp³-hybridized carbons (Fsp3) is 0.259. The fourth-order valence-corrected chi connectivity index (χ4v) is 4.36. The third-order valence-electron chi connectivity index (χ3n) is 6.43. The number of nitriles is 2. The van der Waals surface area contributed by atoms with Crippen molar-refractivity contribution in [3.8, 4) is 40.3 Å². The molecule has 194 valence electrons. The standard InChI is InChI=1S/C27H23F2N5O4/c1-37-22-5-4-16(10-21(22)29)24-19(14-31)12-23(33-25(24)17-2-3-18(13-30)20(28)11-17)34-8-6-27(36,7-9-34)15-38-26(32)35/h2-5,10-12,36H,6-9,15H2,1H3,(H2,32,35). The van der Waals surface area contributed by atoms with Crippen molar-refractivity contribution in [2.24, 2.45) is 5.73 Å². The van der Waals surface area contributed by atoms with Gasteiger partial charge in [-0.1, -0.05) is 12.1 Å². The molecule has 1 aliphatic heterocycles. The van der Waals surface area contributed by atoms with Gasteiger partial charge in [0.1, 0.15) is 29.9 Å². The first-order valence-electron chi connectivity index (χ1n) is 11.6. The number of benzene rings is 2. The summed E-state index contributed by atoms with van der Waals surface area (Å²) in [7, 11) is 1.33. The zero-order valence-electron chi connectivity index (χ0n) is 20.4. The van der Waals surface area contributed by atoms with Crippen molar-refractivity contribution < 1.29 is 28.2 Å². The van der Waals surface area contributed by atoms with Gasteiger partial charge in [-0.25, -0.2) is 18.6 Å². The molecule has 0 atom stereocenters. The van der Waals surface area contributed by atoms with Crippen LogP contribution in [-0.4, -0.2) is 48.6 Å². The van der Waals surface area contributed by atoms with Crippen molar-refractivity contribution in [1.29, 1.82) is 10.5 Å². The van der Waals surface area contributed by atoms with E-state index in [2.05, 4.69) is 6.07 Å². The minimum absolute atomic E-state index is 0.0175. The Morgan fingerprint density at radius 3 is 2.32 bits per heavy atom. The first-order valence-corrected chi connectivity index (χ1v) is 11.6. The van der Waals surface area contributed by atoms with Crippen LogP contribution in [0.5, 0.6) is 5.75 Å². The maximum Gasteiger partial charge on any atom is 0.404 e. The van der Waals surface area contributed by atoms with E-state index in [4.69, 9.17) is 25.5 Å². The second kappa shape index (κ2) is 10.7. The van der Waals surface area contributed by atoms with Gasteiger partial charge >= 0.3 is 6.09 Å². The highest BCUT2D eigenvalue weighted by molar-refractivity contribution is 5.87. The van der Waals surface area contributed by atoms with Crippen LogP contribution in [0.1, 0.15) is 24.0 Å². The number of aromatic nitrogens is 1. The topological polar surface area (TPSA) is 145 Å². The second-order valence-electron chi connectivity index (χ2n) is 8.84. The van der Waals surface area contributed by atoms with Crippen molar-refractivity contribution in [2.75, 3.05) is 31.7 Å². The van der Waals surface area contributed by atoms with E-state index in [-0.39, 0.29) is 53.1 Å². The molecule has 3 aromatic rings. The number of carbonyl (C=O) groups is 1. The van der Waals surface area contributed by atoms with Crippen LogP contribution in [0.25, 0.3) is 22.4 Å². The average Bonchev–Trinajstić information content (AvgIpc) is 2.91. The number of amides is 1. The van der Waals surface area contributed by atoms with Crippen LogP contribution in [0.15, 0.2) is 42.5 Å². The van der Waals surface area contributed by atoms with Crippen LogP contribution < -0.4 is 15.4 Å². The van der Waals surface area contributed by atoms with Gasteiger partial charge in [-0.15, -0.1) is 0 Å². The number of hydrogen-bond acceptors (Lipinski definition) is 8. The number of primary amides is 1. The first kappa shape index (κ1) is 26.3. The molecule has 0 unspecified atom stereocenters. The summed E-state index contributed by atoms with van der Waals surface area (Å²) in [6, 6.07) is 13.6. The highest BCUT2D eigenvalue weighted by atomic mass is 19.1. The van der Waals surface area contributed by atoms with Gasteiger partial charge in [-0.2, -0.15) is 10.5 Å². The molecule has 0 bridgehead atoms. The molecule has 2 aromatic carbocycles. The molecule has 1 aliphatic rings. The highest BCUT2D eigenvalue weighted by Gasteiger charge is 2.34. The molecule has 0 spiro atoms. The maximum absolute atomic E-state index is 14.6. The molecule has 1 aromatic heterocycles. The zero-order valence-corrected chi connectivity index (χ0v) is 20.4. The molecule has 11 heteroatoms. The summed E-state index contributed by atoms with van der Waals surface area (Å²) in [4.78, 5) is 17.5. The Morgan fingerprint density at radius 1 is 1.08 bits per heavy atom. The predicted molar refractivity (Wildman–Crippen MR) is 133 cm³/mol. The maximum atomic E-state index is 14.6. The van der Waals surface area contributed by atoms with Crippen LogP contribution in [0, 0.1) is 34.3 Å². The first-order chi connectivity index (χ1) is 18.2. The summed E-state index contributed by atoms with van der Waals surface area (Å²) in [5.74, 6) is -1.01. The monoisotopic (exact) mass is 519 g/mol. The third kappa shape index (κ3) is 5.33. The van der Waals surface area contributed by atoms with Gasteiger partial charge in [-0.3, -0.25) is 0 Å². The largest absolute Gasteiger partial charge is 0.494 e. The van der Waals surface area contributed by atoms with Crippen molar-refractivity contribution in [3.05, 3.63) is 65.2 Å². The molecule has 3 N–H and O–H groups in total. The van der Waals surface area contributed by atoms with Crippen molar-refractivity contribution >= 4 is 11.9 Å². The second-order valence-corrected chi connectivity index (χ2v) is 8.84. The predicted octanol–water partition coefficient (Wildman–Crippen LogP) is 3.87. The van der Waals surface area contributed by atoms with Gasteiger partial charge in [0.05, 0.1) is 30.0 Å². The van der Waals surface area contributed by atoms with Gasteiger partial charge in [0.2, 0.25) is 0 Å². The number of pyridine rings is 1. The number of aliphatic hydroxyl groups is 1. The summed E-state index contributed by atoms with van der Waals surface area (Å²) < 4.78 is 39.0. The van der Waals surface area contributed by atoms with Crippen LogP contribution in [0.4, 0.5) is 19.4 Å². The third-order valence-corrected chi connectivity index (χ3v) is 6.43. The SMILES string of the molecule is COc1ccc(-c2c(C#N)cc(N3CCC(O)(COC(N)=O)CC3)nc2-c2ccc(C#N)c(F)c2)cc1F. The van der Waals surface area contributed by atoms with E-state index < -0.39 is 23.3 Å². The molecular formula is C27H23F2N5O4. The Balaban J connectivity index is 1.81. The number of ether oxygens (including phenoxy) is 2. The van der Waals surface area contributed by atoms with Crippen LogP contribution in [0.2, 0.25) is 0 Å². The molecule has 1 fully saturated rings. The number of anilines is 1. The Kier molecular flexibility index (Phi) is 7.42. The number of hydrogen-bond donors (Lipinski definition) is 2. The normalized spacial score (nSPS) is 14.3. The smallest absolute Gasteiger partial charge is 0.404 e. The van der Waals surface area contributed by atoms with Gasteiger partial charge in [-0.05, 0) is 48.7 Å². The lowest BCUT2D eigenvalue weighted by molar-refractivity contribution is -0.0368. The van der Waals surface area contributed by atoms with Gasteiger partial charge in [0.25, 0.3) is 0 Å². The van der Waals surface area contributed by atoms with Crippen molar-refractivity contribution in [3.63, 3.8) is 0 Å². The zero-order chi connectivity index (χ0) is 27.4. The lowest BCUT2D eigenvalue weighted by Crippen LogP contribution is -2.48. The van der Waals surface area contributed by atoms with E-state index in [1.54, 1.807) is 18.2 Å². The summed E-state index contributed by atoms with van der Waals surface area (Å²) in [6.45, 7) is 0.382. The Hall–Kier alpha value is -4.74.